The van der Waals surface area contributed by atoms with Crippen molar-refractivity contribution in [3.63, 3.8) is 0 Å². The number of likely N-dealkylation sites (tertiary alicyclic amines) is 1. The molecule has 2 aromatic heterocycles. The minimum atomic E-state index is -0.467. The first-order valence-corrected chi connectivity index (χ1v) is 21.4. The highest BCUT2D eigenvalue weighted by molar-refractivity contribution is 6.02. The Balaban J connectivity index is 0.700. The van der Waals surface area contributed by atoms with E-state index in [2.05, 4.69) is 48.6 Å². The molecule has 5 aromatic rings. The van der Waals surface area contributed by atoms with Crippen molar-refractivity contribution in [2.75, 3.05) is 56.0 Å². The molecule has 0 spiro atoms. The SMILES string of the molecule is Cn1nc(C2CCC(=O)NC2=O)c2ccc(N3CCN(CC4CCN(C(=O)O[C@H]5CC[C@H](Nc6ncc(F)c(-c7cccc(-c8ccccc8)c7)n6)CC5)CC4)CC3)cc21. The quantitative estimate of drug-likeness (QED) is 0.154. The Morgan fingerprint density at radius 3 is 2.37 bits per heavy atom. The van der Waals surface area contributed by atoms with Crippen molar-refractivity contribution in [1.29, 1.82) is 0 Å². The van der Waals surface area contributed by atoms with Crippen LogP contribution in [-0.2, 0) is 21.4 Å². The molecule has 9 rings (SSSR count). The number of rotatable bonds is 9. The van der Waals surface area contributed by atoms with E-state index in [1.165, 1.54) is 6.20 Å². The van der Waals surface area contributed by atoms with E-state index in [-0.39, 0.29) is 35.7 Å². The third-order valence-corrected chi connectivity index (χ3v) is 12.8. The minimum Gasteiger partial charge on any atom is -0.446 e. The van der Waals surface area contributed by atoms with Gasteiger partial charge in [-0.1, -0.05) is 48.5 Å². The topological polar surface area (TPSA) is 138 Å². The number of carbonyl (C=O) groups excluding carboxylic acids is 3. The van der Waals surface area contributed by atoms with E-state index < -0.39 is 11.7 Å². The largest absolute Gasteiger partial charge is 0.446 e. The van der Waals surface area contributed by atoms with Crippen LogP contribution in [0.5, 0.6) is 0 Å². The molecule has 60 heavy (non-hydrogen) atoms. The minimum absolute atomic E-state index is 0.108. The van der Waals surface area contributed by atoms with E-state index in [1.807, 2.05) is 71.2 Å². The molecule has 4 aliphatic rings. The van der Waals surface area contributed by atoms with E-state index in [9.17, 15) is 18.8 Å². The highest BCUT2D eigenvalue weighted by Crippen LogP contribution is 2.33. The zero-order chi connectivity index (χ0) is 41.2. The van der Waals surface area contributed by atoms with Crippen LogP contribution in [0.2, 0.25) is 0 Å². The number of aromatic nitrogens is 4. The van der Waals surface area contributed by atoms with Crippen molar-refractivity contribution in [2.45, 2.75) is 69.4 Å². The van der Waals surface area contributed by atoms with Crippen LogP contribution in [0.25, 0.3) is 33.3 Å². The fourth-order valence-corrected chi connectivity index (χ4v) is 9.37. The maximum Gasteiger partial charge on any atom is 0.410 e. The summed E-state index contributed by atoms with van der Waals surface area (Å²) < 4.78 is 22.8. The summed E-state index contributed by atoms with van der Waals surface area (Å²) in [5, 5.41) is 11.5. The Labute approximate surface area is 349 Å². The first-order valence-electron chi connectivity index (χ1n) is 21.4. The lowest BCUT2D eigenvalue weighted by atomic mass is 9.93. The Morgan fingerprint density at radius 2 is 1.60 bits per heavy atom. The molecular weight excluding hydrogens is 762 g/mol. The summed E-state index contributed by atoms with van der Waals surface area (Å²) in [6.07, 6.45) is 6.74. The molecule has 5 heterocycles. The molecule has 1 aliphatic carbocycles. The third kappa shape index (κ3) is 8.70. The molecule has 3 amide bonds. The first kappa shape index (κ1) is 39.6. The number of amides is 3. The van der Waals surface area contributed by atoms with Gasteiger partial charge in [-0.15, -0.1) is 0 Å². The molecule has 1 atom stereocenters. The summed E-state index contributed by atoms with van der Waals surface area (Å²) in [6, 6.07) is 24.2. The molecule has 14 heteroatoms. The molecule has 0 radical (unpaired) electrons. The Kier molecular flexibility index (Phi) is 11.5. The third-order valence-electron chi connectivity index (χ3n) is 12.8. The van der Waals surface area contributed by atoms with Crippen LogP contribution in [0.1, 0.15) is 63.0 Å². The summed E-state index contributed by atoms with van der Waals surface area (Å²) in [5.74, 6) is -0.427. The number of benzene rings is 3. The summed E-state index contributed by atoms with van der Waals surface area (Å²) in [7, 11) is 1.91. The molecule has 312 valence electrons. The van der Waals surface area contributed by atoms with E-state index in [1.54, 1.807) is 0 Å². The van der Waals surface area contributed by atoms with Gasteiger partial charge in [0.05, 0.1) is 23.3 Å². The first-order chi connectivity index (χ1) is 29.2. The molecule has 1 saturated carbocycles. The monoisotopic (exact) mass is 813 g/mol. The van der Waals surface area contributed by atoms with Gasteiger partial charge in [-0.3, -0.25) is 24.5 Å². The van der Waals surface area contributed by atoms with Gasteiger partial charge in [0, 0.05) is 82.0 Å². The average molecular weight is 814 g/mol. The van der Waals surface area contributed by atoms with Gasteiger partial charge in [0.2, 0.25) is 17.8 Å². The lowest BCUT2D eigenvalue weighted by Crippen LogP contribution is -2.49. The highest BCUT2D eigenvalue weighted by Gasteiger charge is 2.33. The van der Waals surface area contributed by atoms with Crippen LogP contribution in [-0.4, -0.2) is 105 Å². The Bertz CT molecular complexity index is 2350. The molecule has 2 N–H and O–H groups in total. The molecular formula is C46H52FN9O4. The van der Waals surface area contributed by atoms with E-state index >= 15 is 0 Å². The van der Waals surface area contributed by atoms with Crippen molar-refractivity contribution in [2.24, 2.45) is 13.0 Å². The lowest BCUT2D eigenvalue weighted by Gasteiger charge is -2.39. The zero-order valence-electron chi connectivity index (χ0n) is 34.1. The summed E-state index contributed by atoms with van der Waals surface area (Å²) >= 11 is 0. The van der Waals surface area contributed by atoms with Crippen molar-refractivity contribution < 1.29 is 23.5 Å². The second-order valence-electron chi connectivity index (χ2n) is 16.8. The van der Waals surface area contributed by atoms with Crippen molar-refractivity contribution in [3.05, 3.63) is 90.5 Å². The van der Waals surface area contributed by atoms with Crippen molar-refractivity contribution in [3.8, 4) is 22.4 Å². The van der Waals surface area contributed by atoms with Crippen LogP contribution in [0.4, 0.5) is 20.8 Å². The second-order valence-corrected chi connectivity index (χ2v) is 16.8. The number of piperazine rings is 1. The number of anilines is 2. The van der Waals surface area contributed by atoms with Crippen LogP contribution in [0.15, 0.2) is 79.0 Å². The lowest BCUT2D eigenvalue weighted by molar-refractivity contribution is -0.134. The number of ether oxygens (including phenoxy) is 1. The van der Waals surface area contributed by atoms with Crippen molar-refractivity contribution >= 4 is 40.4 Å². The number of nitrogens with zero attached hydrogens (tertiary/aromatic N) is 7. The van der Waals surface area contributed by atoms with Gasteiger partial charge in [0.15, 0.2) is 5.82 Å². The molecule has 1 unspecified atom stereocenters. The number of piperidine rings is 2. The molecule has 13 nitrogen and oxygen atoms in total. The van der Waals surface area contributed by atoms with Gasteiger partial charge in [0.1, 0.15) is 11.8 Å². The number of halogens is 1. The molecule has 0 bridgehead atoms. The number of hydrogen-bond acceptors (Lipinski definition) is 10. The summed E-state index contributed by atoms with van der Waals surface area (Å²) in [6.45, 7) is 6.25. The molecule has 3 aromatic carbocycles. The average Bonchev–Trinajstić information content (AvgIpc) is 3.60. The molecule has 4 fully saturated rings. The fourth-order valence-electron chi connectivity index (χ4n) is 9.37. The number of fused-ring (bicyclic) bond motifs is 1. The maximum absolute atomic E-state index is 15.0. The van der Waals surface area contributed by atoms with Gasteiger partial charge >= 0.3 is 6.09 Å². The van der Waals surface area contributed by atoms with E-state index in [4.69, 9.17) is 9.84 Å². The van der Waals surface area contributed by atoms with Gasteiger partial charge in [-0.25, -0.2) is 19.2 Å². The number of hydrogen-bond donors (Lipinski definition) is 2. The number of imide groups is 1. The number of aryl methyl sites for hydroxylation is 1. The van der Waals surface area contributed by atoms with Gasteiger partial charge in [-0.05, 0) is 86.3 Å². The summed E-state index contributed by atoms with van der Waals surface area (Å²) in [4.78, 5) is 53.1. The smallest absolute Gasteiger partial charge is 0.410 e. The number of nitrogens with one attached hydrogen (secondary N) is 2. The zero-order valence-corrected chi connectivity index (χ0v) is 34.1. The van der Waals surface area contributed by atoms with Crippen LogP contribution >= 0.6 is 0 Å². The Morgan fingerprint density at radius 1 is 0.850 bits per heavy atom. The standard InChI is InChI=1S/C46H52FN9O4/c1-53-40-27-35(12-15-37(40)43(52-53)38-16-17-41(57)50-44(38)58)55-24-22-54(23-25-55)29-30-18-20-56(21-19-30)46(59)60-36-13-10-34(11-14-36)49-45-48-28-39(47)42(51-45)33-9-5-8-32(26-33)31-6-3-2-4-7-31/h2-9,12,15,26-28,30,34,36,38H,10-11,13-14,16-25,29H2,1H3,(H,48,49,51)(H,50,57,58)/t34-,36-,38?. The maximum atomic E-state index is 15.0. The second kappa shape index (κ2) is 17.4. The van der Waals surface area contributed by atoms with Gasteiger partial charge < -0.3 is 19.9 Å². The van der Waals surface area contributed by atoms with E-state index in [0.717, 1.165) is 105 Å². The Hall–Kier alpha value is -5.89. The molecule has 3 saturated heterocycles. The summed E-state index contributed by atoms with van der Waals surface area (Å²) in [5.41, 5.74) is 5.87. The van der Waals surface area contributed by atoms with Crippen molar-refractivity contribution in [1.82, 2.24) is 34.9 Å². The van der Waals surface area contributed by atoms with Crippen LogP contribution in [0.3, 0.4) is 0 Å². The molecule has 3 aliphatic heterocycles. The predicted molar refractivity (Wildman–Crippen MR) is 228 cm³/mol. The van der Waals surface area contributed by atoms with Crippen LogP contribution in [0, 0.1) is 11.7 Å². The normalized spacial score (nSPS) is 21.9. The van der Waals surface area contributed by atoms with Gasteiger partial charge in [0.25, 0.3) is 0 Å². The highest BCUT2D eigenvalue weighted by atomic mass is 19.1. The van der Waals surface area contributed by atoms with E-state index in [0.29, 0.717) is 43.4 Å². The van der Waals surface area contributed by atoms with Crippen LogP contribution < -0.4 is 15.5 Å². The van der Waals surface area contributed by atoms with Gasteiger partial charge in [-0.2, -0.15) is 5.10 Å². The number of carbonyl (C=O) groups is 3. The fraction of sp³-hybridized carbons (Fsp3) is 0.435. The predicted octanol–water partition coefficient (Wildman–Crippen LogP) is 6.75.